The molecule has 0 spiro atoms. The standard InChI is InChI=1S/C19H28N2O3S/c1-19(2,3)24-18(22)21(4)12-6-7-17(13-20)25-14-15-8-10-16(23-5)11-9-15/h8-11,17H,6-7,12,14H2,1-5H3. The molecule has 0 bridgehead atoms. The van der Waals surface area contributed by atoms with E-state index in [-0.39, 0.29) is 11.3 Å². The van der Waals surface area contributed by atoms with Crippen LogP contribution in [0.2, 0.25) is 0 Å². The molecule has 1 aromatic rings. The molecule has 25 heavy (non-hydrogen) atoms. The van der Waals surface area contributed by atoms with Gasteiger partial charge < -0.3 is 14.4 Å². The zero-order valence-electron chi connectivity index (χ0n) is 15.7. The molecule has 1 unspecified atom stereocenters. The van der Waals surface area contributed by atoms with E-state index in [1.807, 2.05) is 45.0 Å². The third-order valence-corrected chi connectivity index (χ3v) is 4.66. The van der Waals surface area contributed by atoms with Crippen LogP contribution in [0.4, 0.5) is 4.79 Å². The monoisotopic (exact) mass is 364 g/mol. The van der Waals surface area contributed by atoms with Crippen LogP contribution in [-0.4, -0.2) is 42.5 Å². The molecule has 1 aromatic carbocycles. The molecule has 138 valence electrons. The van der Waals surface area contributed by atoms with E-state index in [0.29, 0.717) is 6.54 Å². The van der Waals surface area contributed by atoms with Crippen molar-refractivity contribution in [2.45, 2.75) is 50.2 Å². The third kappa shape index (κ3) is 8.69. The van der Waals surface area contributed by atoms with Crippen molar-refractivity contribution < 1.29 is 14.3 Å². The second kappa shape index (κ2) is 10.2. The Morgan fingerprint density at radius 2 is 1.96 bits per heavy atom. The van der Waals surface area contributed by atoms with Crippen LogP contribution < -0.4 is 4.74 Å². The number of ether oxygens (including phenoxy) is 2. The minimum atomic E-state index is -0.491. The van der Waals surface area contributed by atoms with E-state index < -0.39 is 5.60 Å². The number of carbonyl (C=O) groups is 1. The highest BCUT2D eigenvalue weighted by Gasteiger charge is 2.19. The zero-order chi connectivity index (χ0) is 18.9. The number of hydrogen-bond donors (Lipinski definition) is 0. The SMILES string of the molecule is COc1ccc(CSC(C#N)CCCN(C)C(=O)OC(C)(C)C)cc1. The minimum absolute atomic E-state index is 0.0888. The molecule has 0 N–H and O–H groups in total. The Kier molecular flexibility index (Phi) is 8.64. The van der Waals surface area contributed by atoms with E-state index in [9.17, 15) is 10.1 Å². The first kappa shape index (κ1) is 21.2. The lowest BCUT2D eigenvalue weighted by molar-refractivity contribution is 0.0296. The smallest absolute Gasteiger partial charge is 0.410 e. The first-order chi connectivity index (χ1) is 11.7. The fourth-order valence-electron chi connectivity index (χ4n) is 2.05. The van der Waals surface area contributed by atoms with Crippen LogP contribution in [0.15, 0.2) is 24.3 Å². The summed E-state index contributed by atoms with van der Waals surface area (Å²) in [5.74, 6) is 1.61. The Morgan fingerprint density at radius 1 is 1.32 bits per heavy atom. The maximum Gasteiger partial charge on any atom is 0.410 e. The fraction of sp³-hybridized carbons (Fsp3) is 0.579. The van der Waals surface area contributed by atoms with Gasteiger partial charge in [-0.25, -0.2) is 4.79 Å². The average Bonchev–Trinajstić information content (AvgIpc) is 2.56. The van der Waals surface area contributed by atoms with Crippen molar-refractivity contribution in [1.29, 1.82) is 5.26 Å². The second-order valence-corrected chi connectivity index (χ2v) is 8.01. The van der Waals surface area contributed by atoms with E-state index in [2.05, 4.69) is 6.07 Å². The van der Waals surface area contributed by atoms with Crippen LogP contribution in [0.5, 0.6) is 5.75 Å². The molecule has 0 saturated heterocycles. The second-order valence-electron chi connectivity index (χ2n) is 6.82. The van der Waals surface area contributed by atoms with E-state index in [1.165, 1.54) is 0 Å². The van der Waals surface area contributed by atoms with E-state index >= 15 is 0 Å². The van der Waals surface area contributed by atoms with Crippen LogP contribution in [-0.2, 0) is 10.5 Å². The number of nitrogens with zero attached hydrogens (tertiary/aromatic N) is 2. The van der Waals surface area contributed by atoms with Crippen molar-refractivity contribution in [3.63, 3.8) is 0 Å². The molecule has 0 aliphatic rings. The summed E-state index contributed by atoms with van der Waals surface area (Å²) in [6, 6.07) is 10.2. The van der Waals surface area contributed by atoms with Gasteiger partial charge in [0.15, 0.2) is 0 Å². The summed E-state index contributed by atoms with van der Waals surface area (Å²) in [5.41, 5.74) is 0.672. The van der Waals surface area contributed by atoms with Crippen LogP contribution in [0.1, 0.15) is 39.2 Å². The van der Waals surface area contributed by atoms with Gasteiger partial charge in [0, 0.05) is 19.3 Å². The number of methoxy groups -OCH3 is 1. The lowest BCUT2D eigenvalue weighted by Gasteiger charge is -2.24. The van der Waals surface area contributed by atoms with Crippen LogP contribution in [0.25, 0.3) is 0 Å². The Hall–Kier alpha value is -1.87. The van der Waals surface area contributed by atoms with Crippen molar-refractivity contribution in [2.24, 2.45) is 0 Å². The summed E-state index contributed by atoms with van der Waals surface area (Å²) in [6.45, 7) is 6.12. The predicted octanol–water partition coefficient (Wildman–Crippen LogP) is 4.47. The Balaban J connectivity index is 2.34. The number of nitriles is 1. The number of benzene rings is 1. The van der Waals surface area contributed by atoms with Crippen molar-refractivity contribution in [1.82, 2.24) is 4.90 Å². The number of carbonyl (C=O) groups excluding carboxylic acids is 1. The van der Waals surface area contributed by atoms with Gasteiger partial charge in [-0.15, -0.1) is 11.8 Å². The van der Waals surface area contributed by atoms with Gasteiger partial charge in [-0.3, -0.25) is 0 Å². The van der Waals surface area contributed by atoms with Crippen molar-refractivity contribution in [3.05, 3.63) is 29.8 Å². The topological polar surface area (TPSA) is 62.6 Å². The molecular weight excluding hydrogens is 336 g/mol. The number of hydrogen-bond acceptors (Lipinski definition) is 5. The predicted molar refractivity (Wildman–Crippen MR) is 102 cm³/mol. The van der Waals surface area contributed by atoms with Crippen molar-refractivity contribution in [3.8, 4) is 11.8 Å². The Morgan fingerprint density at radius 3 is 2.48 bits per heavy atom. The highest BCUT2D eigenvalue weighted by molar-refractivity contribution is 7.99. The minimum Gasteiger partial charge on any atom is -0.497 e. The zero-order valence-corrected chi connectivity index (χ0v) is 16.6. The molecule has 0 heterocycles. The summed E-state index contributed by atoms with van der Waals surface area (Å²) in [7, 11) is 3.36. The number of amides is 1. The quantitative estimate of drug-likeness (QED) is 0.681. The average molecular weight is 365 g/mol. The first-order valence-electron chi connectivity index (χ1n) is 8.33. The summed E-state index contributed by atoms with van der Waals surface area (Å²) >= 11 is 1.62. The van der Waals surface area contributed by atoms with E-state index in [1.54, 1.807) is 30.8 Å². The van der Waals surface area contributed by atoms with Gasteiger partial charge in [0.1, 0.15) is 11.4 Å². The maximum atomic E-state index is 11.9. The van der Waals surface area contributed by atoms with E-state index in [4.69, 9.17) is 9.47 Å². The van der Waals surface area contributed by atoms with Gasteiger partial charge in [-0.1, -0.05) is 12.1 Å². The van der Waals surface area contributed by atoms with Crippen molar-refractivity contribution in [2.75, 3.05) is 20.7 Å². The van der Waals surface area contributed by atoms with Crippen LogP contribution >= 0.6 is 11.8 Å². The van der Waals surface area contributed by atoms with Gasteiger partial charge in [0.05, 0.1) is 18.4 Å². The van der Waals surface area contributed by atoms with Crippen LogP contribution in [0, 0.1) is 11.3 Å². The summed E-state index contributed by atoms with van der Waals surface area (Å²) in [6.07, 6.45) is 1.18. The third-order valence-electron chi connectivity index (χ3n) is 3.42. The lowest BCUT2D eigenvalue weighted by Crippen LogP contribution is -2.34. The molecule has 0 radical (unpaired) electrons. The van der Waals surface area contributed by atoms with Gasteiger partial charge in [0.2, 0.25) is 0 Å². The Labute approximate surface area is 155 Å². The first-order valence-corrected chi connectivity index (χ1v) is 9.38. The molecule has 5 nitrogen and oxygen atoms in total. The van der Waals surface area contributed by atoms with Gasteiger partial charge >= 0.3 is 6.09 Å². The molecule has 1 rings (SSSR count). The van der Waals surface area contributed by atoms with Crippen LogP contribution in [0.3, 0.4) is 0 Å². The van der Waals surface area contributed by atoms with Gasteiger partial charge in [-0.2, -0.15) is 5.26 Å². The summed E-state index contributed by atoms with van der Waals surface area (Å²) < 4.78 is 10.5. The van der Waals surface area contributed by atoms with Gasteiger partial charge in [0.25, 0.3) is 0 Å². The highest BCUT2D eigenvalue weighted by atomic mass is 32.2. The normalized spacial score (nSPS) is 12.2. The number of thioether (sulfide) groups is 1. The molecule has 0 aromatic heterocycles. The molecule has 6 heteroatoms. The number of rotatable bonds is 8. The summed E-state index contributed by atoms with van der Waals surface area (Å²) in [5, 5.41) is 9.23. The molecule has 0 fully saturated rings. The van der Waals surface area contributed by atoms with Crippen molar-refractivity contribution >= 4 is 17.9 Å². The molecule has 1 atom stereocenters. The fourth-order valence-corrected chi connectivity index (χ4v) is 3.04. The molecule has 1 amide bonds. The molecule has 0 aliphatic carbocycles. The highest BCUT2D eigenvalue weighted by Crippen LogP contribution is 2.22. The Bertz CT molecular complexity index is 576. The lowest BCUT2D eigenvalue weighted by atomic mass is 10.2. The molecule has 0 aliphatic heterocycles. The summed E-state index contributed by atoms with van der Waals surface area (Å²) in [4.78, 5) is 13.5. The van der Waals surface area contributed by atoms with Gasteiger partial charge in [-0.05, 0) is 51.3 Å². The molecule has 0 saturated carbocycles. The van der Waals surface area contributed by atoms with E-state index in [0.717, 1.165) is 29.9 Å². The molecular formula is C19H28N2O3S. The largest absolute Gasteiger partial charge is 0.497 e. The maximum absolute atomic E-state index is 11.9.